The second-order valence-corrected chi connectivity index (χ2v) is 4.60. The summed E-state index contributed by atoms with van der Waals surface area (Å²) >= 11 is 0. The third kappa shape index (κ3) is 2.48. The standard InChI is InChI=1S/C16H14O5/c1-2-19-6-7-20-11-8-10-4-3-5-12-14(10)13(9-11)16(18)21-15(12)17/h3-5,8-9H,2,6-7H2,1H3. The van der Waals surface area contributed by atoms with Gasteiger partial charge in [0.05, 0.1) is 17.7 Å². The van der Waals surface area contributed by atoms with E-state index in [0.29, 0.717) is 42.1 Å². The fourth-order valence-electron chi connectivity index (χ4n) is 2.37. The molecule has 5 nitrogen and oxygen atoms in total. The van der Waals surface area contributed by atoms with E-state index in [2.05, 4.69) is 0 Å². The van der Waals surface area contributed by atoms with Crippen molar-refractivity contribution in [2.24, 2.45) is 0 Å². The summed E-state index contributed by atoms with van der Waals surface area (Å²) in [5.74, 6) is -0.692. The van der Waals surface area contributed by atoms with Gasteiger partial charge in [-0.3, -0.25) is 0 Å². The fraction of sp³-hybridized carbons (Fsp3) is 0.250. The van der Waals surface area contributed by atoms with E-state index in [-0.39, 0.29) is 0 Å². The number of carbonyl (C=O) groups is 2. The van der Waals surface area contributed by atoms with Gasteiger partial charge in [-0.15, -0.1) is 0 Å². The molecule has 0 fully saturated rings. The molecule has 0 saturated heterocycles. The summed E-state index contributed by atoms with van der Waals surface area (Å²) in [7, 11) is 0. The number of hydrogen-bond donors (Lipinski definition) is 0. The second-order valence-electron chi connectivity index (χ2n) is 4.60. The highest BCUT2D eigenvalue weighted by Crippen LogP contribution is 2.32. The van der Waals surface area contributed by atoms with E-state index in [1.165, 1.54) is 0 Å². The number of benzene rings is 2. The molecule has 0 N–H and O–H groups in total. The van der Waals surface area contributed by atoms with Gasteiger partial charge in [0, 0.05) is 12.0 Å². The molecule has 0 amide bonds. The van der Waals surface area contributed by atoms with Crippen molar-refractivity contribution in [3.05, 3.63) is 41.5 Å². The van der Waals surface area contributed by atoms with Crippen molar-refractivity contribution in [3.8, 4) is 5.75 Å². The minimum atomic E-state index is -0.640. The fourth-order valence-corrected chi connectivity index (χ4v) is 2.37. The molecular formula is C16H14O5. The molecule has 5 heteroatoms. The van der Waals surface area contributed by atoms with Crippen LogP contribution in [-0.4, -0.2) is 31.8 Å². The van der Waals surface area contributed by atoms with Crippen LogP contribution in [0.1, 0.15) is 27.6 Å². The molecule has 1 aliphatic rings. The molecule has 1 aliphatic heterocycles. The van der Waals surface area contributed by atoms with Crippen LogP contribution in [-0.2, 0) is 9.47 Å². The van der Waals surface area contributed by atoms with E-state index in [9.17, 15) is 9.59 Å². The first-order chi connectivity index (χ1) is 10.2. The van der Waals surface area contributed by atoms with Crippen LogP contribution in [0.4, 0.5) is 0 Å². The lowest BCUT2D eigenvalue weighted by Gasteiger charge is -2.17. The van der Waals surface area contributed by atoms with E-state index in [0.717, 1.165) is 5.39 Å². The van der Waals surface area contributed by atoms with Crippen molar-refractivity contribution in [1.29, 1.82) is 0 Å². The molecule has 0 spiro atoms. The summed E-state index contributed by atoms with van der Waals surface area (Å²) in [5.41, 5.74) is 0.761. The van der Waals surface area contributed by atoms with Gasteiger partial charge in [0.2, 0.25) is 0 Å². The summed E-state index contributed by atoms with van der Waals surface area (Å²) in [6.45, 7) is 3.41. The van der Waals surface area contributed by atoms with Gasteiger partial charge in [0.1, 0.15) is 12.4 Å². The SMILES string of the molecule is CCOCCOc1cc2c3c(cccc3c1)C(=O)OC2=O. The lowest BCUT2D eigenvalue weighted by molar-refractivity contribution is 0.0391. The minimum Gasteiger partial charge on any atom is -0.491 e. The molecule has 0 atom stereocenters. The summed E-state index contributed by atoms with van der Waals surface area (Å²) in [6.07, 6.45) is 0. The Morgan fingerprint density at radius 1 is 1.05 bits per heavy atom. The highest BCUT2D eigenvalue weighted by Gasteiger charge is 2.27. The first kappa shape index (κ1) is 13.6. The van der Waals surface area contributed by atoms with Crippen molar-refractivity contribution in [2.75, 3.05) is 19.8 Å². The van der Waals surface area contributed by atoms with Crippen molar-refractivity contribution in [3.63, 3.8) is 0 Å². The van der Waals surface area contributed by atoms with Gasteiger partial charge >= 0.3 is 11.9 Å². The Labute approximate surface area is 121 Å². The van der Waals surface area contributed by atoms with Crippen molar-refractivity contribution in [1.82, 2.24) is 0 Å². The average molecular weight is 286 g/mol. The summed E-state index contributed by atoms with van der Waals surface area (Å²) in [5, 5.41) is 1.40. The van der Waals surface area contributed by atoms with Crippen LogP contribution in [0.2, 0.25) is 0 Å². The Bertz CT molecular complexity index is 720. The lowest BCUT2D eigenvalue weighted by Crippen LogP contribution is -2.19. The van der Waals surface area contributed by atoms with E-state index >= 15 is 0 Å². The van der Waals surface area contributed by atoms with Crippen LogP contribution < -0.4 is 4.74 Å². The normalized spacial score (nSPS) is 13.4. The molecule has 0 aromatic heterocycles. The van der Waals surface area contributed by atoms with Crippen LogP contribution in [0.25, 0.3) is 10.8 Å². The van der Waals surface area contributed by atoms with Gasteiger partial charge in [-0.2, -0.15) is 0 Å². The van der Waals surface area contributed by atoms with Crippen molar-refractivity contribution in [2.45, 2.75) is 6.92 Å². The zero-order valence-corrected chi connectivity index (χ0v) is 11.5. The van der Waals surface area contributed by atoms with E-state index in [1.54, 1.807) is 24.3 Å². The molecule has 0 radical (unpaired) electrons. The van der Waals surface area contributed by atoms with Crippen LogP contribution in [0.5, 0.6) is 5.75 Å². The smallest absolute Gasteiger partial charge is 0.346 e. The quantitative estimate of drug-likeness (QED) is 0.480. The molecule has 2 aromatic rings. The third-order valence-corrected chi connectivity index (χ3v) is 3.28. The molecule has 21 heavy (non-hydrogen) atoms. The zero-order chi connectivity index (χ0) is 14.8. The molecule has 0 bridgehead atoms. The Kier molecular flexibility index (Phi) is 3.58. The van der Waals surface area contributed by atoms with Gasteiger partial charge in [0.25, 0.3) is 0 Å². The first-order valence-corrected chi connectivity index (χ1v) is 6.74. The van der Waals surface area contributed by atoms with E-state index in [4.69, 9.17) is 14.2 Å². The number of rotatable bonds is 5. The highest BCUT2D eigenvalue weighted by molar-refractivity contribution is 6.21. The Hall–Kier alpha value is -2.40. The topological polar surface area (TPSA) is 61.8 Å². The van der Waals surface area contributed by atoms with Gasteiger partial charge in [-0.1, -0.05) is 12.1 Å². The molecule has 3 rings (SSSR count). The zero-order valence-electron chi connectivity index (χ0n) is 11.5. The molecule has 0 unspecified atom stereocenters. The van der Waals surface area contributed by atoms with E-state index in [1.807, 2.05) is 13.0 Å². The molecule has 0 aliphatic carbocycles. The van der Waals surface area contributed by atoms with Gasteiger partial charge in [-0.25, -0.2) is 9.59 Å². The van der Waals surface area contributed by atoms with E-state index < -0.39 is 11.9 Å². The third-order valence-electron chi connectivity index (χ3n) is 3.28. The maximum Gasteiger partial charge on any atom is 0.346 e. The predicted molar refractivity (Wildman–Crippen MR) is 75.7 cm³/mol. The minimum absolute atomic E-state index is 0.356. The Balaban J connectivity index is 2.00. The van der Waals surface area contributed by atoms with Crippen LogP contribution in [0, 0.1) is 0 Å². The molecular weight excluding hydrogens is 272 g/mol. The lowest BCUT2D eigenvalue weighted by atomic mass is 9.97. The predicted octanol–water partition coefficient (Wildman–Crippen LogP) is 2.57. The molecule has 1 heterocycles. The van der Waals surface area contributed by atoms with Crippen molar-refractivity contribution < 1.29 is 23.8 Å². The number of hydrogen-bond acceptors (Lipinski definition) is 5. The average Bonchev–Trinajstić information content (AvgIpc) is 2.49. The molecule has 0 saturated carbocycles. The van der Waals surface area contributed by atoms with Gasteiger partial charge < -0.3 is 14.2 Å². The Morgan fingerprint density at radius 3 is 2.67 bits per heavy atom. The monoisotopic (exact) mass is 286 g/mol. The van der Waals surface area contributed by atoms with Gasteiger partial charge in [0.15, 0.2) is 0 Å². The number of cyclic esters (lactones) is 2. The second kappa shape index (κ2) is 5.54. The summed E-state index contributed by atoms with van der Waals surface area (Å²) < 4.78 is 15.5. The largest absolute Gasteiger partial charge is 0.491 e. The number of carbonyl (C=O) groups excluding carboxylic acids is 2. The Morgan fingerprint density at radius 2 is 1.86 bits per heavy atom. The maximum absolute atomic E-state index is 11.9. The van der Waals surface area contributed by atoms with Crippen molar-refractivity contribution >= 4 is 22.7 Å². The van der Waals surface area contributed by atoms with Crippen LogP contribution in [0.15, 0.2) is 30.3 Å². The first-order valence-electron chi connectivity index (χ1n) is 6.74. The van der Waals surface area contributed by atoms with Crippen LogP contribution >= 0.6 is 0 Å². The summed E-state index contributed by atoms with van der Waals surface area (Å²) in [4.78, 5) is 23.6. The van der Waals surface area contributed by atoms with Crippen LogP contribution in [0.3, 0.4) is 0 Å². The highest BCUT2D eigenvalue weighted by atomic mass is 16.6. The summed E-state index contributed by atoms with van der Waals surface area (Å²) in [6, 6.07) is 8.65. The molecule has 108 valence electrons. The maximum atomic E-state index is 11.9. The number of esters is 2. The van der Waals surface area contributed by atoms with Gasteiger partial charge in [-0.05, 0) is 30.5 Å². The molecule has 2 aromatic carbocycles. The number of ether oxygens (including phenoxy) is 3.